The first-order chi connectivity index (χ1) is 18.9. The molecule has 0 heterocycles. The number of hydrogen-bond donors (Lipinski definition) is 1. The van der Waals surface area contributed by atoms with Crippen molar-refractivity contribution < 1.29 is 35.1 Å². The molecule has 4 fully saturated rings. The van der Waals surface area contributed by atoms with Crippen molar-refractivity contribution in [3.63, 3.8) is 0 Å². The Kier molecular flexibility index (Phi) is 7.35. The molecule has 0 aliphatic heterocycles. The predicted octanol–water partition coefficient (Wildman–Crippen LogP) is 6.17. The lowest BCUT2D eigenvalue weighted by molar-refractivity contribution is -0.222. The molecule has 5 aliphatic rings. The molecule has 10 heteroatoms. The summed E-state index contributed by atoms with van der Waals surface area (Å²) in [5, 5.41) is 10.6. The van der Waals surface area contributed by atoms with Gasteiger partial charge in [-0.2, -0.15) is 16.8 Å². The number of aliphatic carboxylic acids is 1. The van der Waals surface area contributed by atoms with E-state index in [9.17, 15) is 26.7 Å². The van der Waals surface area contributed by atoms with Crippen LogP contribution in [0.25, 0.3) is 0 Å². The molecule has 4 saturated carbocycles. The van der Waals surface area contributed by atoms with E-state index in [1.807, 2.05) is 13.8 Å². The average molecular weight is 629 g/mol. The molecule has 0 spiro atoms. The second-order valence-corrected chi connectivity index (χ2v) is 20.0. The summed E-state index contributed by atoms with van der Waals surface area (Å²) in [6.07, 6.45) is 9.51. The van der Waals surface area contributed by atoms with Gasteiger partial charge < -0.3 is 5.11 Å². The van der Waals surface area contributed by atoms with Crippen LogP contribution in [-0.2, 0) is 33.4 Å². The SMILES string of the molecule is CC1(C)CC[C@]2(C(=O)O)CC[C@]3(C)C(=CC[C@@H]4[C@@]5(C)C[C@@H](OS(C)(=O)=O)[C@H](OS(C)(=O)=O)C(C)(C)[C@@H]5CC[C@]43C)[C@@H]2C1. The minimum absolute atomic E-state index is 0.0115. The second kappa shape index (κ2) is 9.52. The minimum atomic E-state index is -3.88. The van der Waals surface area contributed by atoms with E-state index in [4.69, 9.17) is 8.37 Å². The Bertz CT molecular complexity index is 1400. The first-order valence-corrected chi connectivity index (χ1v) is 19.3. The van der Waals surface area contributed by atoms with Gasteiger partial charge in [-0.15, -0.1) is 0 Å². The van der Waals surface area contributed by atoms with E-state index in [0.717, 1.165) is 51.0 Å². The smallest absolute Gasteiger partial charge is 0.310 e. The Hall–Kier alpha value is -0.970. The van der Waals surface area contributed by atoms with Gasteiger partial charge in [-0.3, -0.25) is 13.2 Å². The van der Waals surface area contributed by atoms with Gasteiger partial charge in [-0.25, -0.2) is 0 Å². The molecular formula is C32H52O8S2. The number of carboxylic acid groups (broad SMARTS) is 1. The third-order valence-electron chi connectivity index (χ3n) is 13.5. The minimum Gasteiger partial charge on any atom is -0.481 e. The first kappa shape index (κ1) is 32.4. The van der Waals surface area contributed by atoms with Crippen molar-refractivity contribution >= 4 is 26.2 Å². The van der Waals surface area contributed by atoms with Crippen LogP contribution in [0.1, 0.15) is 106 Å². The zero-order valence-electron chi connectivity index (χ0n) is 26.9. The van der Waals surface area contributed by atoms with Gasteiger partial charge in [-0.1, -0.05) is 60.1 Å². The molecule has 0 radical (unpaired) electrons. The third kappa shape index (κ3) is 4.75. The number of rotatable bonds is 5. The third-order valence-corrected chi connectivity index (χ3v) is 14.7. The summed E-state index contributed by atoms with van der Waals surface area (Å²) in [6, 6.07) is 0. The molecule has 0 aromatic rings. The number of hydrogen-bond acceptors (Lipinski definition) is 7. The van der Waals surface area contributed by atoms with Crippen molar-refractivity contribution in [2.75, 3.05) is 12.5 Å². The summed E-state index contributed by atoms with van der Waals surface area (Å²) in [5.74, 6) is -0.364. The molecule has 0 aromatic heterocycles. The largest absolute Gasteiger partial charge is 0.481 e. The highest BCUT2D eigenvalue weighted by atomic mass is 32.2. The van der Waals surface area contributed by atoms with Crippen molar-refractivity contribution in [3.8, 4) is 0 Å². The maximum Gasteiger partial charge on any atom is 0.310 e. The fraction of sp³-hybridized carbons (Fsp3) is 0.906. The van der Waals surface area contributed by atoms with Gasteiger partial charge in [-0.05, 0) is 103 Å². The Morgan fingerprint density at radius 1 is 0.833 bits per heavy atom. The second-order valence-electron chi connectivity index (χ2n) is 16.8. The van der Waals surface area contributed by atoms with Crippen LogP contribution in [0.3, 0.4) is 0 Å². The Morgan fingerprint density at radius 3 is 2.00 bits per heavy atom. The van der Waals surface area contributed by atoms with Crippen LogP contribution in [0.15, 0.2) is 11.6 Å². The number of fused-ring (bicyclic) bond motifs is 7. The van der Waals surface area contributed by atoms with E-state index in [-0.39, 0.29) is 39.4 Å². The van der Waals surface area contributed by atoms with E-state index in [1.54, 1.807) is 0 Å². The Balaban J connectivity index is 1.61. The van der Waals surface area contributed by atoms with Crippen molar-refractivity contribution in [2.45, 2.75) is 118 Å². The van der Waals surface area contributed by atoms with Gasteiger partial charge in [0.25, 0.3) is 20.2 Å². The molecule has 240 valence electrons. The van der Waals surface area contributed by atoms with Crippen LogP contribution in [0.4, 0.5) is 0 Å². The molecule has 0 unspecified atom stereocenters. The van der Waals surface area contributed by atoms with Crippen LogP contribution in [-0.4, -0.2) is 52.6 Å². The Labute approximate surface area is 253 Å². The summed E-state index contributed by atoms with van der Waals surface area (Å²) < 4.78 is 61.0. The highest BCUT2D eigenvalue weighted by Gasteiger charge is 2.70. The molecule has 5 rings (SSSR count). The predicted molar refractivity (Wildman–Crippen MR) is 161 cm³/mol. The number of carboxylic acids is 1. The van der Waals surface area contributed by atoms with Crippen LogP contribution in [0.2, 0.25) is 0 Å². The number of carbonyl (C=O) groups is 1. The summed E-state index contributed by atoms with van der Waals surface area (Å²) >= 11 is 0. The molecular weight excluding hydrogens is 576 g/mol. The van der Waals surface area contributed by atoms with Gasteiger partial charge in [0, 0.05) is 0 Å². The lowest BCUT2D eigenvalue weighted by Crippen LogP contribution is -2.67. The molecule has 5 aliphatic carbocycles. The molecule has 0 bridgehead atoms. The van der Waals surface area contributed by atoms with Crippen LogP contribution >= 0.6 is 0 Å². The molecule has 9 atom stereocenters. The molecule has 8 nitrogen and oxygen atoms in total. The van der Waals surface area contributed by atoms with E-state index in [2.05, 4.69) is 40.7 Å². The van der Waals surface area contributed by atoms with Crippen molar-refractivity contribution in [2.24, 2.45) is 50.2 Å². The fourth-order valence-electron chi connectivity index (χ4n) is 11.4. The first-order valence-electron chi connectivity index (χ1n) is 15.6. The molecule has 0 amide bonds. The van der Waals surface area contributed by atoms with Gasteiger partial charge in [0.1, 0.15) is 12.2 Å². The topological polar surface area (TPSA) is 124 Å². The van der Waals surface area contributed by atoms with Crippen molar-refractivity contribution in [3.05, 3.63) is 11.6 Å². The van der Waals surface area contributed by atoms with Crippen LogP contribution < -0.4 is 0 Å². The van der Waals surface area contributed by atoms with Gasteiger partial charge in [0.15, 0.2) is 0 Å². The zero-order valence-corrected chi connectivity index (χ0v) is 28.6. The standard InChI is InChI=1S/C32H52O8S2/c1-27(2)14-16-32(26(33)34)17-15-30(6)20(21(32)18-27)10-11-24-29(5)19-22(39-41(8,35)36)25(40-42(9,37)38)28(3,4)23(29)12-13-31(24,30)7/h10,21-25H,11-19H2,1-9H3,(H,33,34)/t21-,22+,23-,24+,25-,29-,30+,31+,32-/m0/s1. The van der Waals surface area contributed by atoms with Crippen LogP contribution in [0.5, 0.6) is 0 Å². The maximum absolute atomic E-state index is 12.9. The molecule has 0 aromatic carbocycles. The van der Waals surface area contributed by atoms with E-state index >= 15 is 0 Å². The highest BCUT2D eigenvalue weighted by Crippen LogP contribution is 2.76. The van der Waals surface area contributed by atoms with Crippen molar-refractivity contribution in [1.82, 2.24) is 0 Å². The van der Waals surface area contributed by atoms with E-state index in [0.29, 0.717) is 19.3 Å². The quantitative estimate of drug-likeness (QED) is 0.283. The lowest BCUT2D eigenvalue weighted by atomic mass is 9.33. The molecule has 42 heavy (non-hydrogen) atoms. The zero-order chi connectivity index (χ0) is 31.5. The van der Waals surface area contributed by atoms with E-state index < -0.39 is 49.2 Å². The van der Waals surface area contributed by atoms with Crippen molar-refractivity contribution in [1.29, 1.82) is 0 Å². The maximum atomic E-state index is 12.9. The summed E-state index contributed by atoms with van der Waals surface area (Å²) in [6.45, 7) is 15.6. The summed E-state index contributed by atoms with van der Waals surface area (Å²) in [5.41, 5.74) is -0.618. The van der Waals surface area contributed by atoms with Crippen LogP contribution in [0, 0.1) is 50.2 Å². The highest BCUT2D eigenvalue weighted by molar-refractivity contribution is 7.86. The molecule has 1 N–H and O–H groups in total. The summed E-state index contributed by atoms with van der Waals surface area (Å²) in [4.78, 5) is 12.9. The molecule has 0 saturated heterocycles. The normalized spacial score (nSPS) is 46.3. The van der Waals surface area contributed by atoms with Gasteiger partial charge in [0.2, 0.25) is 0 Å². The number of allylic oxidation sites excluding steroid dienone is 2. The Morgan fingerprint density at radius 2 is 1.43 bits per heavy atom. The van der Waals surface area contributed by atoms with Gasteiger partial charge >= 0.3 is 5.97 Å². The van der Waals surface area contributed by atoms with Gasteiger partial charge in [0.05, 0.1) is 17.9 Å². The summed E-state index contributed by atoms with van der Waals surface area (Å²) in [7, 11) is -7.75. The lowest BCUT2D eigenvalue weighted by Gasteiger charge is -2.71. The average Bonchev–Trinajstić information content (AvgIpc) is 2.80. The monoisotopic (exact) mass is 628 g/mol. The van der Waals surface area contributed by atoms with E-state index in [1.165, 1.54) is 5.57 Å². The fourth-order valence-corrected chi connectivity index (χ4v) is 12.8.